The highest BCUT2D eigenvalue weighted by atomic mass is 16.5. The predicted octanol–water partition coefficient (Wildman–Crippen LogP) is 3.17. The fraction of sp³-hybridized carbons (Fsp3) is 0.875. The maximum absolute atomic E-state index is 5.93. The standard InChI is InChI=1S/C16H32N2O/c1-6-12-17-15(14-11-9-10-13-19-14)16(4,5)18(7-2)8-3/h11,15,17H,6-10,12-13H2,1-5H3. The van der Waals surface area contributed by atoms with Gasteiger partial charge in [0.25, 0.3) is 0 Å². The number of nitrogens with one attached hydrogen (secondary N) is 1. The third-order valence-corrected chi connectivity index (χ3v) is 4.13. The van der Waals surface area contributed by atoms with E-state index in [1.807, 2.05) is 0 Å². The number of hydrogen-bond donors (Lipinski definition) is 1. The molecular formula is C16H32N2O. The highest BCUT2D eigenvalue weighted by Gasteiger charge is 2.37. The van der Waals surface area contributed by atoms with Gasteiger partial charge in [-0.25, -0.2) is 0 Å². The fourth-order valence-corrected chi connectivity index (χ4v) is 2.99. The second kappa shape index (κ2) is 7.91. The van der Waals surface area contributed by atoms with E-state index in [0.29, 0.717) is 0 Å². The van der Waals surface area contributed by atoms with Crippen LogP contribution in [-0.4, -0.2) is 42.7 Å². The first-order valence-electron chi connectivity index (χ1n) is 7.89. The molecule has 0 saturated heterocycles. The van der Waals surface area contributed by atoms with Gasteiger partial charge in [0, 0.05) is 5.54 Å². The van der Waals surface area contributed by atoms with Crippen molar-refractivity contribution in [2.24, 2.45) is 0 Å². The van der Waals surface area contributed by atoms with Crippen LogP contribution in [0.4, 0.5) is 0 Å². The van der Waals surface area contributed by atoms with E-state index in [9.17, 15) is 0 Å². The maximum atomic E-state index is 5.93. The first-order chi connectivity index (χ1) is 9.07. The van der Waals surface area contributed by atoms with Gasteiger partial charge < -0.3 is 10.1 Å². The minimum absolute atomic E-state index is 0.0713. The first-order valence-corrected chi connectivity index (χ1v) is 7.89. The van der Waals surface area contributed by atoms with Crippen LogP contribution in [0.15, 0.2) is 11.8 Å². The van der Waals surface area contributed by atoms with Crippen molar-refractivity contribution in [2.45, 2.75) is 65.5 Å². The molecule has 1 atom stereocenters. The topological polar surface area (TPSA) is 24.5 Å². The summed E-state index contributed by atoms with van der Waals surface area (Å²) in [7, 11) is 0. The average molecular weight is 268 g/mol. The number of rotatable bonds is 8. The predicted molar refractivity (Wildman–Crippen MR) is 82.4 cm³/mol. The summed E-state index contributed by atoms with van der Waals surface area (Å²) in [6.07, 6.45) is 5.73. The lowest BCUT2D eigenvalue weighted by molar-refractivity contribution is 0.0648. The second-order valence-electron chi connectivity index (χ2n) is 5.81. The van der Waals surface area contributed by atoms with Gasteiger partial charge in [-0.3, -0.25) is 4.90 Å². The Bertz CT molecular complexity index is 282. The van der Waals surface area contributed by atoms with Crippen LogP contribution in [0, 0.1) is 0 Å². The molecule has 0 aromatic heterocycles. The quantitative estimate of drug-likeness (QED) is 0.732. The number of ether oxygens (including phenoxy) is 1. The smallest absolute Gasteiger partial charge is 0.111 e. The van der Waals surface area contributed by atoms with Crippen molar-refractivity contribution >= 4 is 0 Å². The van der Waals surface area contributed by atoms with Crippen LogP contribution in [0.3, 0.4) is 0 Å². The van der Waals surface area contributed by atoms with E-state index < -0.39 is 0 Å². The monoisotopic (exact) mass is 268 g/mol. The van der Waals surface area contributed by atoms with Crippen molar-refractivity contribution in [1.29, 1.82) is 0 Å². The van der Waals surface area contributed by atoms with Crippen LogP contribution in [0.2, 0.25) is 0 Å². The SMILES string of the molecule is CCCNC(C1=CCCCO1)C(C)(C)N(CC)CC. The highest BCUT2D eigenvalue weighted by Crippen LogP contribution is 2.27. The molecule has 1 heterocycles. The molecule has 0 amide bonds. The molecule has 0 radical (unpaired) electrons. The molecule has 0 saturated carbocycles. The zero-order chi connectivity index (χ0) is 14.3. The second-order valence-corrected chi connectivity index (χ2v) is 5.81. The Kier molecular flexibility index (Phi) is 6.87. The molecule has 0 aromatic carbocycles. The molecule has 3 nitrogen and oxygen atoms in total. The van der Waals surface area contributed by atoms with Crippen molar-refractivity contribution in [1.82, 2.24) is 10.2 Å². The number of likely N-dealkylation sites (N-methyl/N-ethyl adjacent to an activating group) is 1. The summed E-state index contributed by atoms with van der Waals surface area (Å²) in [5, 5.41) is 3.69. The lowest BCUT2D eigenvalue weighted by Crippen LogP contribution is -2.59. The molecule has 1 rings (SSSR count). The largest absolute Gasteiger partial charge is 0.497 e. The molecule has 1 unspecified atom stereocenters. The van der Waals surface area contributed by atoms with Crippen molar-refractivity contribution in [3.05, 3.63) is 11.8 Å². The highest BCUT2D eigenvalue weighted by molar-refractivity contribution is 5.14. The third-order valence-electron chi connectivity index (χ3n) is 4.13. The lowest BCUT2D eigenvalue weighted by Gasteiger charge is -2.44. The van der Waals surface area contributed by atoms with Crippen molar-refractivity contribution < 1.29 is 4.74 Å². The summed E-state index contributed by atoms with van der Waals surface area (Å²) >= 11 is 0. The Balaban J connectivity index is 2.90. The molecule has 1 aliphatic heterocycles. The number of allylic oxidation sites excluding steroid dienone is 1. The molecule has 0 fully saturated rings. The molecule has 112 valence electrons. The van der Waals surface area contributed by atoms with E-state index in [4.69, 9.17) is 4.74 Å². The molecule has 0 aromatic rings. The first kappa shape index (κ1) is 16.5. The zero-order valence-electron chi connectivity index (χ0n) is 13.5. The summed E-state index contributed by atoms with van der Waals surface area (Å²) < 4.78 is 5.93. The molecule has 0 aliphatic carbocycles. The van der Waals surface area contributed by atoms with Gasteiger partial charge >= 0.3 is 0 Å². The van der Waals surface area contributed by atoms with E-state index >= 15 is 0 Å². The van der Waals surface area contributed by atoms with Gasteiger partial charge in [0.1, 0.15) is 5.76 Å². The van der Waals surface area contributed by atoms with Gasteiger partial charge in [0.05, 0.1) is 12.6 Å². The average Bonchev–Trinajstić information content (AvgIpc) is 2.41. The third kappa shape index (κ3) is 4.22. The Morgan fingerprint density at radius 2 is 2.00 bits per heavy atom. The summed E-state index contributed by atoms with van der Waals surface area (Å²) in [6, 6.07) is 0.285. The lowest BCUT2D eigenvalue weighted by atomic mass is 9.89. The maximum Gasteiger partial charge on any atom is 0.111 e. The Morgan fingerprint density at radius 1 is 1.32 bits per heavy atom. The van der Waals surface area contributed by atoms with Crippen LogP contribution in [0.1, 0.15) is 53.9 Å². The van der Waals surface area contributed by atoms with Gasteiger partial charge in [0.2, 0.25) is 0 Å². The molecule has 0 spiro atoms. The van der Waals surface area contributed by atoms with Crippen LogP contribution in [0.25, 0.3) is 0 Å². The van der Waals surface area contributed by atoms with Crippen molar-refractivity contribution in [3.8, 4) is 0 Å². The van der Waals surface area contributed by atoms with Gasteiger partial charge in [-0.15, -0.1) is 0 Å². The van der Waals surface area contributed by atoms with Crippen LogP contribution in [-0.2, 0) is 4.74 Å². The van der Waals surface area contributed by atoms with E-state index in [1.165, 1.54) is 0 Å². The van der Waals surface area contributed by atoms with E-state index in [2.05, 4.69) is 50.9 Å². The summed E-state index contributed by atoms with van der Waals surface area (Å²) in [4.78, 5) is 2.51. The Morgan fingerprint density at radius 3 is 2.47 bits per heavy atom. The van der Waals surface area contributed by atoms with Crippen LogP contribution >= 0.6 is 0 Å². The van der Waals surface area contributed by atoms with Crippen molar-refractivity contribution in [3.63, 3.8) is 0 Å². The summed E-state index contributed by atoms with van der Waals surface area (Å²) in [5.74, 6) is 1.15. The zero-order valence-corrected chi connectivity index (χ0v) is 13.5. The number of nitrogens with zero attached hydrogens (tertiary/aromatic N) is 1. The molecular weight excluding hydrogens is 236 g/mol. The van der Waals surface area contributed by atoms with Gasteiger partial charge in [-0.05, 0) is 58.8 Å². The normalized spacial score (nSPS) is 18.1. The van der Waals surface area contributed by atoms with E-state index in [1.54, 1.807) is 0 Å². The molecule has 0 bridgehead atoms. The minimum Gasteiger partial charge on any atom is -0.497 e. The van der Waals surface area contributed by atoms with Crippen molar-refractivity contribution in [2.75, 3.05) is 26.2 Å². The number of hydrogen-bond acceptors (Lipinski definition) is 3. The van der Waals surface area contributed by atoms with Gasteiger partial charge in [0.15, 0.2) is 0 Å². The van der Waals surface area contributed by atoms with Crippen LogP contribution < -0.4 is 5.32 Å². The molecule has 19 heavy (non-hydrogen) atoms. The molecule has 3 heteroatoms. The van der Waals surface area contributed by atoms with Crippen LogP contribution in [0.5, 0.6) is 0 Å². The molecule has 1 aliphatic rings. The van der Waals surface area contributed by atoms with Gasteiger partial charge in [-0.1, -0.05) is 20.8 Å². The molecule has 1 N–H and O–H groups in total. The van der Waals surface area contributed by atoms with E-state index in [0.717, 1.165) is 51.3 Å². The Labute approximate surface area is 119 Å². The van der Waals surface area contributed by atoms with E-state index in [-0.39, 0.29) is 11.6 Å². The minimum atomic E-state index is 0.0713. The summed E-state index contributed by atoms with van der Waals surface area (Å²) in [5.41, 5.74) is 0.0713. The van der Waals surface area contributed by atoms with Gasteiger partial charge in [-0.2, -0.15) is 0 Å². The fourth-order valence-electron chi connectivity index (χ4n) is 2.99. The summed E-state index contributed by atoms with van der Waals surface area (Å²) in [6.45, 7) is 15.4. The Hall–Kier alpha value is -0.540.